The van der Waals surface area contributed by atoms with E-state index in [9.17, 15) is 0 Å². The first-order valence-corrected chi connectivity index (χ1v) is 6.40. The van der Waals surface area contributed by atoms with E-state index in [4.69, 9.17) is 22.1 Å². The molecule has 3 rings (SSSR count). The van der Waals surface area contributed by atoms with Crippen LogP contribution in [0.4, 0.5) is 0 Å². The molecule has 0 saturated carbocycles. The molecule has 3 heteroatoms. The highest BCUT2D eigenvalue weighted by Gasteiger charge is 2.24. The molecule has 0 unspecified atom stereocenters. The maximum absolute atomic E-state index is 5.91. The van der Waals surface area contributed by atoms with Crippen LogP contribution in [0.5, 0.6) is 5.75 Å². The molecule has 0 bridgehead atoms. The fourth-order valence-corrected chi connectivity index (χ4v) is 2.45. The van der Waals surface area contributed by atoms with Crippen LogP contribution >= 0.6 is 11.6 Å². The summed E-state index contributed by atoms with van der Waals surface area (Å²) in [6.45, 7) is 0.550. The molecule has 1 aliphatic heterocycles. The molecular formula is C15H14ClNO. The summed E-state index contributed by atoms with van der Waals surface area (Å²) in [6, 6.07) is 14.0. The van der Waals surface area contributed by atoms with Crippen LogP contribution in [0.25, 0.3) is 11.1 Å². The summed E-state index contributed by atoms with van der Waals surface area (Å²) in [6.07, 6.45) is 1.00. The molecular weight excluding hydrogens is 246 g/mol. The first-order chi connectivity index (χ1) is 8.78. The fourth-order valence-electron chi connectivity index (χ4n) is 2.33. The molecule has 18 heavy (non-hydrogen) atoms. The van der Waals surface area contributed by atoms with E-state index in [2.05, 4.69) is 18.2 Å². The van der Waals surface area contributed by atoms with Crippen LogP contribution < -0.4 is 10.5 Å². The monoisotopic (exact) mass is 259 g/mol. The molecule has 0 saturated heterocycles. The average Bonchev–Trinajstić information content (AvgIpc) is 2.82. The Morgan fingerprint density at radius 2 is 1.94 bits per heavy atom. The Balaban J connectivity index is 2.05. The SMILES string of the molecule is NC[C@H]1Cc2cccc(-c3ccc(Cl)cc3)c2O1. The van der Waals surface area contributed by atoms with Gasteiger partial charge in [-0.15, -0.1) is 0 Å². The Morgan fingerprint density at radius 3 is 2.67 bits per heavy atom. The predicted molar refractivity (Wildman–Crippen MR) is 74.1 cm³/mol. The summed E-state index contributed by atoms with van der Waals surface area (Å²) in [5, 5.41) is 0.743. The van der Waals surface area contributed by atoms with Crippen LogP contribution in [-0.4, -0.2) is 12.6 Å². The van der Waals surface area contributed by atoms with Crippen LogP contribution in [0.2, 0.25) is 5.02 Å². The van der Waals surface area contributed by atoms with Crippen molar-refractivity contribution in [3.8, 4) is 16.9 Å². The highest BCUT2D eigenvalue weighted by Crippen LogP contribution is 2.38. The first-order valence-electron chi connectivity index (χ1n) is 6.02. The molecule has 92 valence electrons. The smallest absolute Gasteiger partial charge is 0.130 e. The van der Waals surface area contributed by atoms with Crippen LogP contribution in [0.3, 0.4) is 0 Å². The normalized spacial score (nSPS) is 17.3. The molecule has 0 aliphatic carbocycles. The van der Waals surface area contributed by atoms with Gasteiger partial charge in [-0.3, -0.25) is 0 Å². The van der Waals surface area contributed by atoms with Gasteiger partial charge in [-0.2, -0.15) is 0 Å². The number of nitrogens with two attached hydrogens (primary N) is 1. The van der Waals surface area contributed by atoms with Gasteiger partial charge in [0.25, 0.3) is 0 Å². The lowest BCUT2D eigenvalue weighted by molar-refractivity contribution is 0.242. The summed E-state index contributed by atoms with van der Waals surface area (Å²) in [5.41, 5.74) is 9.14. The molecule has 0 fully saturated rings. The molecule has 0 aromatic heterocycles. The summed E-state index contributed by atoms with van der Waals surface area (Å²) in [4.78, 5) is 0. The van der Waals surface area contributed by atoms with Crippen molar-refractivity contribution in [3.63, 3.8) is 0 Å². The largest absolute Gasteiger partial charge is 0.488 e. The lowest BCUT2D eigenvalue weighted by Crippen LogP contribution is -2.24. The van der Waals surface area contributed by atoms with Crippen molar-refractivity contribution < 1.29 is 4.74 Å². The second-order valence-electron chi connectivity index (χ2n) is 4.48. The number of ether oxygens (including phenoxy) is 1. The lowest BCUT2D eigenvalue weighted by Gasteiger charge is -2.10. The van der Waals surface area contributed by atoms with E-state index in [0.29, 0.717) is 6.54 Å². The van der Waals surface area contributed by atoms with Crippen molar-refractivity contribution in [3.05, 3.63) is 53.1 Å². The Bertz CT molecular complexity index is 565. The van der Waals surface area contributed by atoms with Gasteiger partial charge in [0.15, 0.2) is 0 Å². The van der Waals surface area contributed by atoms with E-state index in [1.54, 1.807) is 0 Å². The number of hydrogen-bond acceptors (Lipinski definition) is 2. The maximum Gasteiger partial charge on any atom is 0.130 e. The second-order valence-corrected chi connectivity index (χ2v) is 4.92. The summed E-state index contributed by atoms with van der Waals surface area (Å²) < 4.78 is 5.91. The minimum atomic E-state index is 0.105. The van der Waals surface area contributed by atoms with Crippen molar-refractivity contribution in [1.82, 2.24) is 0 Å². The highest BCUT2D eigenvalue weighted by atomic mass is 35.5. The third-order valence-electron chi connectivity index (χ3n) is 3.25. The molecule has 2 aromatic rings. The van der Waals surface area contributed by atoms with Gasteiger partial charge in [0.2, 0.25) is 0 Å². The van der Waals surface area contributed by atoms with E-state index in [0.717, 1.165) is 28.3 Å². The molecule has 2 N–H and O–H groups in total. The molecule has 2 nitrogen and oxygen atoms in total. The van der Waals surface area contributed by atoms with Crippen molar-refractivity contribution in [2.75, 3.05) is 6.54 Å². The van der Waals surface area contributed by atoms with Crippen LogP contribution in [-0.2, 0) is 6.42 Å². The minimum absolute atomic E-state index is 0.105. The van der Waals surface area contributed by atoms with Gasteiger partial charge >= 0.3 is 0 Å². The average molecular weight is 260 g/mol. The summed E-state index contributed by atoms with van der Waals surface area (Å²) in [7, 11) is 0. The number of rotatable bonds is 2. The Hall–Kier alpha value is -1.51. The van der Waals surface area contributed by atoms with Gasteiger partial charge in [0.1, 0.15) is 11.9 Å². The van der Waals surface area contributed by atoms with Gasteiger partial charge in [-0.05, 0) is 23.3 Å². The Kier molecular flexibility index (Phi) is 2.98. The summed E-state index contributed by atoms with van der Waals surface area (Å²) >= 11 is 5.91. The van der Waals surface area contributed by atoms with Gasteiger partial charge in [-0.1, -0.05) is 41.9 Å². The molecule has 2 aromatic carbocycles. The van der Waals surface area contributed by atoms with Gasteiger partial charge < -0.3 is 10.5 Å². The third-order valence-corrected chi connectivity index (χ3v) is 3.50. The van der Waals surface area contributed by atoms with Crippen LogP contribution in [0, 0.1) is 0 Å². The lowest BCUT2D eigenvalue weighted by atomic mass is 10.0. The number of benzene rings is 2. The standard InChI is InChI=1S/C15H14ClNO/c16-12-6-4-10(5-7-12)14-3-1-2-11-8-13(9-17)18-15(11)14/h1-7,13H,8-9,17H2/t13-/m1/s1. The third kappa shape index (κ3) is 1.98. The van der Waals surface area contributed by atoms with E-state index in [1.165, 1.54) is 5.56 Å². The zero-order valence-electron chi connectivity index (χ0n) is 9.90. The predicted octanol–water partition coefficient (Wildman–Crippen LogP) is 3.27. The summed E-state index contributed by atoms with van der Waals surface area (Å²) in [5.74, 6) is 0.968. The van der Waals surface area contributed by atoms with E-state index >= 15 is 0 Å². The van der Waals surface area contributed by atoms with Gasteiger partial charge in [0, 0.05) is 23.6 Å². The Labute approximate surface area is 111 Å². The maximum atomic E-state index is 5.91. The van der Waals surface area contributed by atoms with Crippen molar-refractivity contribution in [2.24, 2.45) is 5.73 Å². The first kappa shape index (κ1) is 11.6. The molecule has 1 aliphatic rings. The highest BCUT2D eigenvalue weighted by molar-refractivity contribution is 6.30. The second kappa shape index (κ2) is 4.63. The number of para-hydroxylation sites is 1. The molecule has 0 radical (unpaired) electrons. The van der Waals surface area contributed by atoms with E-state index < -0.39 is 0 Å². The zero-order valence-corrected chi connectivity index (χ0v) is 10.7. The van der Waals surface area contributed by atoms with Gasteiger partial charge in [0.05, 0.1) is 0 Å². The fraction of sp³-hybridized carbons (Fsp3) is 0.200. The number of hydrogen-bond donors (Lipinski definition) is 1. The minimum Gasteiger partial charge on any atom is -0.488 e. The topological polar surface area (TPSA) is 35.2 Å². The number of fused-ring (bicyclic) bond motifs is 1. The van der Waals surface area contributed by atoms with E-state index in [-0.39, 0.29) is 6.10 Å². The van der Waals surface area contributed by atoms with E-state index in [1.807, 2.05) is 24.3 Å². The molecule has 0 amide bonds. The molecule has 0 spiro atoms. The van der Waals surface area contributed by atoms with Crippen molar-refractivity contribution >= 4 is 11.6 Å². The van der Waals surface area contributed by atoms with Gasteiger partial charge in [-0.25, -0.2) is 0 Å². The van der Waals surface area contributed by atoms with Crippen LogP contribution in [0.15, 0.2) is 42.5 Å². The Morgan fingerprint density at radius 1 is 1.17 bits per heavy atom. The molecule has 1 heterocycles. The van der Waals surface area contributed by atoms with Crippen LogP contribution in [0.1, 0.15) is 5.56 Å². The zero-order chi connectivity index (χ0) is 12.5. The van der Waals surface area contributed by atoms with Crippen molar-refractivity contribution in [2.45, 2.75) is 12.5 Å². The molecule has 1 atom stereocenters. The van der Waals surface area contributed by atoms with Crippen molar-refractivity contribution in [1.29, 1.82) is 0 Å². The number of halogens is 1. The quantitative estimate of drug-likeness (QED) is 0.898.